The van der Waals surface area contributed by atoms with Gasteiger partial charge in [0, 0.05) is 6.42 Å². The average Bonchev–Trinajstić information content (AvgIpc) is 2.00. The molecule has 0 aromatic heterocycles. The minimum Gasteiger partial charge on any atom is -0.460 e. The van der Waals surface area contributed by atoms with Crippen molar-refractivity contribution in [1.82, 2.24) is 0 Å². The Labute approximate surface area is 92.8 Å². The second-order valence-electron chi connectivity index (χ2n) is 4.92. The van der Waals surface area contributed by atoms with Gasteiger partial charge in [0.25, 0.3) is 0 Å². The van der Waals surface area contributed by atoms with Crippen molar-refractivity contribution < 1.29 is 14.6 Å². The van der Waals surface area contributed by atoms with Gasteiger partial charge in [-0.2, -0.15) is 0 Å². The van der Waals surface area contributed by atoms with E-state index >= 15 is 0 Å². The minimum atomic E-state index is -0.404. The third-order valence-electron chi connectivity index (χ3n) is 1.96. The number of hydrogen-bond donors (Lipinski definition) is 1. The van der Waals surface area contributed by atoms with Gasteiger partial charge in [0.2, 0.25) is 0 Å². The van der Waals surface area contributed by atoms with Gasteiger partial charge in [-0.1, -0.05) is 13.3 Å². The number of hydrogen-bond acceptors (Lipinski definition) is 3. The molecule has 0 aromatic carbocycles. The zero-order valence-corrected chi connectivity index (χ0v) is 10.4. The van der Waals surface area contributed by atoms with Crippen molar-refractivity contribution in [3.63, 3.8) is 0 Å². The van der Waals surface area contributed by atoms with Crippen LogP contribution in [0.3, 0.4) is 0 Å². The minimum absolute atomic E-state index is 0.175. The number of carbonyl (C=O) groups excluding carboxylic acids is 1. The van der Waals surface area contributed by atoms with Gasteiger partial charge in [-0.3, -0.25) is 4.79 Å². The lowest BCUT2D eigenvalue weighted by Crippen LogP contribution is -2.23. The van der Waals surface area contributed by atoms with Crippen LogP contribution in [-0.4, -0.2) is 22.8 Å². The maximum absolute atomic E-state index is 11.3. The van der Waals surface area contributed by atoms with Gasteiger partial charge in [0.05, 0.1) is 6.10 Å². The van der Waals surface area contributed by atoms with Gasteiger partial charge in [-0.25, -0.2) is 0 Å². The molecular formula is C12H24O3. The molecule has 0 fully saturated rings. The van der Waals surface area contributed by atoms with Crippen LogP contribution in [0, 0.1) is 0 Å². The molecule has 0 aliphatic carbocycles. The SMILES string of the molecule is CCC[C@H](O)CCCC(=O)OC(C)(C)C. The molecular weight excluding hydrogens is 192 g/mol. The average molecular weight is 216 g/mol. The molecule has 3 nitrogen and oxygen atoms in total. The summed E-state index contributed by atoms with van der Waals surface area (Å²) in [6.45, 7) is 7.61. The maximum atomic E-state index is 11.3. The molecule has 90 valence electrons. The van der Waals surface area contributed by atoms with Crippen LogP contribution >= 0.6 is 0 Å². The Hall–Kier alpha value is -0.570. The number of carbonyl (C=O) groups is 1. The van der Waals surface area contributed by atoms with Crippen LogP contribution in [0.15, 0.2) is 0 Å². The fraction of sp³-hybridized carbons (Fsp3) is 0.917. The van der Waals surface area contributed by atoms with E-state index < -0.39 is 5.60 Å². The highest BCUT2D eigenvalue weighted by Gasteiger charge is 2.16. The van der Waals surface area contributed by atoms with Crippen molar-refractivity contribution in [2.45, 2.75) is 71.5 Å². The molecule has 0 aromatic rings. The molecule has 1 N–H and O–H groups in total. The van der Waals surface area contributed by atoms with E-state index in [1.165, 1.54) is 0 Å². The first kappa shape index (κ1) is 14.4. The van der Waals surface area contributed by atoms with Gasteiger partial charge in [-0.15, -0.1) is 0 Å². The Morgan fingerprint density at radius 2 is 1.93 bits per heavy atom. The predicted molar refractivity (Wildman–Crippen MR) is 60.6 cm³/mol. The highest BCUT2D eigenvalue weighted by molar-refractivity contribution is 5.69. The number of rotatable bonds is 6. The fourth-order valence-corrected chi connectivity index (χ4v) is 1.35. The maximum Gasteiger partial charge on any atom is 0.306 e. The van der Waals surface area contributed by atoms with E-state index in [0.29, 0.717) is 19.3 Å². The van der Waals surface area contributed by atoms with Gasteiger partial charge in [-0.05, 0) is 40.0 Å². The molecule has 0 saturated carbocycles. The van der Waals surface area contributed by atoms with Crippen LogP contribution in [0.4, 0.5) is 0 Å². The molecule has 15 heavy (non-hydrogen) atoms. The Balaban J connectivity index is 3.55. The Bertz CT molecular complexity index is 182. The topological polar surface area (TPSA) is 46.5 Å². The number of ether oxygens (including phenoxy) is 1. The van der Waals surface area contributed by atoms with Crippen molar-refractivity contribution >= 4 is 5.97 Å². The summed E-state index contributed by atoms with van der Waals surface area (Å²) >= 11 is 0. The molecule has 0 bridgehead atoms. The Kier molecular flexibility index (Phi) is 6.57. The largest absolute Gasteiger partial charge is 0.460 e. The van der Waals surface area contributed by atoms with Crippen LogP contribution in [-0.2, 0) is 9.53 Å². The first-order valence-electron chi connectivity index (χ1n) is 5.75. The van der Waals surface area contributed by atoms with Gasteiger partial charge < -0.3 is 9.84 Å². The highest BCUT2D eigenvalue weighted by Crippen LogP contribution is 2.11. The van der Waals surface area contributed by atoms with E-state index in [-0.39, 0.29) is 12.1 Å². The van der Waals surface area contributed by atoms with Crippen LogP contribution < -0.4 is 0 Å². The fourth-order valence-electron chi connectivity index (χ4n) is 1.35. The molecule has 0 rings (SSSR count). The summed E-state index contributed by atoms with van der Waals surface area (Å²) in [6, 6.07) is 0. The standard InChI is InChI=1S/C12H24O3/c1-5-7-10(13)8-6-9-11(14)15-12(2,3)4/h10,13H,5-9H2,1-4H3/t10-/m0/s1. The van der Waals surface area contributed by atoms with Gasteiger partial charge in [0.15, 0.2) is 0 Å². The summed E-state index contributed by atoms with van der Waals surface area (Å²) in [5, 5.41) is 9.44. The first-order chi connectivity index (χ1) is 6.85. The van der Waals surface area contributed by atoms with Crippen LogP contribution in [0.2, 0.25) is 0 Å². The molecule has 0 radical (unpaired) electrons. The molecule has 0 saturated heterocycles. The molecule has 0 heterocycles. The molecule has 1 atom stereocenters. The summed E-state index contributed by atoms with van der Waals surface area (Å²) in [5.41, 5.74) is -0.404. The zero-order valence-electron chi connectivity index (χ0n) is 10.4. The van der Waals surface area contributed by atoms with Crippen molar-refractivity contribution in [3.8, 4) is 0 Å². The van der Waals surface area contributed by atoms with E-state index in [9.17, 15) is 9.90 Å². The van der Waals surface area contributed by atoms with E-state index in [0.717, 1.165) is 12.8 Å². The van der Waals surface area contributed by atoms with E-state index in [2.05, 4.69) is 0 Å². The molecule has 0 spiro atoms. The third-order valence-corrected chi connectivity index (χ3v) is 1.96. The van der Waals surface area contributed by atoms with E-state index in [1.54, 1.807) is 0 Å². The molecule has 0 aliphatic rings. The van der Waals surface area contributed by atoms with Crippen molar-refractivity contribution in [2.24, 2.45) is 0 Å². The van der Waals surface area contributed by atoms with Crippen LogP contribution in [0.25, 0.3) is 0 Å². The Morgan fingerprint density at radius 3 is 2.40 bits per heavy atom. The second kappa shape index (κ2) is 6.83. The lowest BCUT2D eigenvalue weighted by molar-refractivity contribution is -0.155. The third kappa shape index (κ3) is 9.73. The van der Waals surface area contributed by atoms with Crippen molar-refractivity contribution in [2.75, 3.05) is 0 Å². The van der Waals surface area contributed by atoms with Crippen molar-refractivity contribution in [3.05, 3.63) is 0 Å². The predicted octanol–water partition coefficient (Wildman–Crippen LogP) is 2.66. The van der Waals surface area contributed by atoms with Gasteiger partial charge >= 0.3 is 5.97 Å². The second-order valence-corrected chi connectivity index (χ2v) is 4.92. The van der Waals surface area contributed by atoms with Gasteiger partial charge in [0.1, 0.15) is 5.60 Å². The van der Waals surface area contributed by atoms with Crippen molar-refractivity contribution in [1.29, 1.82) is 0 Å². The van der Waals surface area contributed by atoms with Crippen LogP contribution in [0.5, 0.6) is 0 Å². The monoisotopic (exact) mass is 216 g/mol. The number of esters is 1. The first-order valence-corrected chi connectivity index (χ1v) is 5.75. The van der Waals surface area contributed by atoms with Crippen LogP contribution in [0.1, 0.15) is 59.8 Å². The summed E-state index contributed by atoms with van der Waals surface area (Å²) in [6.07, 6.45) is 3.32. The number of aliphatic hydroxyl groups excluding tert-OH is 1. The Morgan fingerprint density at radius 1 is 1.33 bits per heavy atom. The zero-order chi connectivity index (χ0) is 11.9. The lowest BCUT2D eigenvalue weighted by Gasteiger charge is -2.19. The lowest BCUT2D eigenvalue weighted by atomic mass is 10.1. The smallest absolute Gasteiger partial charge is 0.306 e. The summed E-state index contributed by atoms with van der Waals surface area (Å²) in [7, 11) is 0. The molecule has 0 unspecified atom stereocenters. The summed E-state index contributed by atoms with van der Waals surface area (Å²) in [4.78, 5) is 11.3. The highest BCUT2D eigenvalue weighted by atomic mass is 16.6. The molecule has 3 heteroatoms. The molecule has 0 aliphatic heterocycles. The summed E-state index contributed by atoms with van der Waals surface area (Å²) < 4.78 is 5.16. The summed E-state index contributed by atoms with van der Waals surface area (Å²) in [5.74, 6) is -0.175. The van der Waals surface area contributed by atoms with E-state index in [4.69, 9.17) is 4.74 Å². The quantitative estimate of drug-likeness (QED) is 0.694. The normalized spacial score (nSPS) is 13.7. The molecule has 0 amide bonds. The number of aliphatic hydroxyl groups is 1. The van der Waals surface area contributed by atoms with E-state index in [1.807, 2.05) is 27.7 Å².